The number of hydrogen-bond acceptors (Lipinski definition) is 5. The Morgan fingerprint density at radius 1 is 0.429 bits per heavy atom. The summed E-state index contributed by atoms with van der Waals surface area (Å²) in [5.41, 5.74) is 2.98. The number of rotatable bonds is 8. The fraction of sp³-hybridized carbons (Fsp3) is 0.200. The van der Waals surface area contributed by atoms with Gasteiger partial charge in [0, 0.05) is 48.0 Å². The molecule has 9 heteroatoms. The van der Waals surface area contributed by atoms with E-state index in [1.165, 1.54) is 43.4 Å². The summed E-state index contributed by atoms with van der Waals surface area (Å²) >= 11 is 1.91. The summed E-state index contributed by atoms with van der Waals surface area (Å²) in [5, 5.41) is 8.11. The molecule has 0 fully saturated rings. The van der Waals surface area contributed by atoms with Gasteiger partial charge in [0.2, 0.25) is 0 Å². The van der Waals surface area contributed by atoms with Crippen LogP contribution in [0.1, 0.15) is 45.4 Å². The second-order valence-corrected chi connectivity index (χ2v) is 13.8. The summed E-state index contributed by atoms with van der Waals surface area (Å²) in [6, 6.07) is 31.3. The van der Waals surface area contributed by atoms with Crippen molar-refractivity contribution in [2.75, 3.05) is 5.75 Å². The average molecular weight is 661 g/mol. The second kappa shape index (κ2) is 12.6. The molecular weight excluding hydrogens is 625 g/mol. The molecule has 0 saturated carbocycles. The molecule has 0 radical (unpaired) electrons. The van der Waals surface area contributed by atoms with E-state index in [0.717, 1.165) is 94.1 Å². The van der Waals surface area contributed by atoms with Crippen molar-refractivity contribution in [3.8, 4) is 0 Å². The Kier molecular flexibility index (Phi) is 7.61. The molecule has 49 heavy (non-hydrogen) atoms. The first-order chi connectivity index (χ1) is 24.2. The number of benzene rings is 4. The summed E-state index contributed by atoms with van der Waals surface area (Å²) in [4.78, 5) is 36.4. The number of nitrogens with zero attached hydrogens (tertiary/aromatic N) is 4. The molecule has 4 aromatic carbocycles. The molecule has 0 atom stereocenters. The topological polar surface area (TPSA) is 113 Å². The van der Waals surface area contributed by atoms with Gasteiger partial charge in [-0.1, -0.05) is 124 Å². The Morgan fingerprint density at radius 2 is 0.857 bits per heavy atom. The normalized spacial score (nSPS) is 12.7. The summed E-state index contributed by atoms with van der Waals surface area (Å²) in [6.07, 6.45) is 7.68. The molecule has 8 nitrogen and oxygen atoms in total. The van der Waals surface area contributed by atoms with Crippen molar-refractivity contribution in [1.29, 1.82) is 0 Å². The molecule has 4 aromatic heterocycles. The van der Waals surface area contributed by atoms with E-state index in [4.69, 9.17) is 20.0 Å². The Bertz CT molecular complexity index is 2760. The van der Waals surface area contributed by atoms with Gasteiger partial charge in [0.15, 0.2) is 0 Å². The number of aromatic nitrogens is 4. The predicted octanol–water partition coefficient (Wildman–Crippen LogP) is 9.18. The van der Waals surface area contributed by atoms with Crippen LogP contribution in [0.5, 0.6) is 0 Å². The zero-order valence-corrected chi connectivity index (χ0v) is 28.1. The van der Waals surface area contributed by atoms with Crippen molar-refractivity contribution in [2.24, 2.45) is 20.0 Å². The van der Waals surface area contributed by atoms with Crippen molar-refractivity contribution < 1.29 is 0 Å². The maximum absolute atomic E-state index is 5.31. The van der Waals surface area contributed by atoms with Crippen molar-refractivity contribution in [3.05, 3.63) is 113 Å². The van der Waals surface area contributed by atoms with Crippen molar-refractivity contribution >= 4 is 78.1 Å². The average Bonchev–Trinajstić information content (AvgIpc) is 3.87. The molecule has 0 unspecified atom stereocenters. The standard InChI is InChI=1S/C40H36N8S/c1-2-3-4-5-6-13-23-49-31-22-14-21-30-32(31)40-47-38-29-20-12-11-19-28(29)36(45-38)43-34-25-16-8-7-15-24(25)33(41-34)42-35-26-17-9-10-18-27(26)37(44-35)46-39(30)48-40/h7-12,14-22H,2-6,13,23H2,1H3,(H4,41,42,43,44,45,46,47,48). The first kappa shape index (κ1) is 29.7. The van der Waals surface area contributed by atoms with Gasteiger partial charge in [-0.05, 0) is 18.2 Å². The maximum Gasteiger partial charge on any atom is 0.143 e. The highest BCUT2D eigenvalue weighted by molar-refractivity contribution is 7.99. The largest absolute Gasteiger partial charge is 0.324 e. The summed E-state index contributed by atoms with van der Waals surface area (Å²) in [7, 11) is 0. The molecule has 8 bridgehead atoms. The van der Waals surface area contributed by atoms with Crippen LogP contribution in [0, 0.1) is 0 Å². The number of H-pyrrole nitrogens is 4. The smallest absolute Gasteiger partial charge is 0.143 e. The van der Waals surface area contributed by atoms with Crippen molar-refractivity contribution in [3.63, 3.8) is 0 Å². The number of aromatic amines is 4. The van der Waals surface area contributed by atoms with Crippen molar-refractivity contribution in [2.45, 2.75) is 50.3 Å². The minimum absolute atomic E-state index is 0.736. The van der Waals surface area contributed by atoms with Gasteiger partial charge in [0.25, 0.3) is 0 Å². The molecule has 0 amide bonds. The third-order valence-corrected chi connectivity index (χ3v) is 10.6. The maximum atomic E-state index is 5.31. The molecule has 8 aromatic rings. The van der Waals surface area contributed by atoms with E-state index in [-0.39, 0.29) is 0 Å². The highest BCUT2D eigenvalue weighted by Crippen LogP contribution is 2.40. The van der Waals surface area contributed by atoms with E-state index < -0.39 is 0 Å². The van der Waals surface area contributed by atoms with Crippen LogP contribution in [0.3, 0.4) is 0 Å². The SMILES string of the molecule is CCCCCCCCSc1cccc2c3[nH]c(c12)N=c1[nH]c(c2ccccc12)=Nc1[nH]c(c2ccccc12)N=c1[nH]c(c2ccccc12)=N3. The van der Waals surface area contributed by atoms with Gasteiger partial charge in [-0.2, -0.15) is 0 Å². The molecular formula is C40H36N8S. The van der Waals surface area contributed by atoms with E-state index in [1.54, 1.807) is 0 Å². The lowest BCUT2D eigenvalue weighted by Crippen LogP contribution is -2.10. The van der Waals surface area contributed by atoms with Gasteiger partial charge < -0.3 is 19.9 Å². The molecule has 1 aliphatic heterocycles. The van der Waals surface area contributed by atoms with E-state index in [1.807, 2.05) is 48.2 Å². The summed E-state index contributed by atoms with van der Waals surface area (Å²) in [5.74, 6) is 4.07. The Balaban J connectivity index is 1.32. The minimum Gasteiger partial charge on any atom is -0.324 e. The van der Waals surface area contributed by atoms with E-state index in [0.29, 0.717) is 0 Å². The van der Waals surface area contributed by atoms with Gasteiger partial charge >= 0.3 is 0 Å². The van der Waals surface area contributed by atoms with Gasteiger partial charge in [0.1, 0.15) is 45.2 Å². The minimum atomic E-state index is 0.736. The Morgan fingerprint density at radius 3 is 1.41 bits per heavy atom. The quantitative estimate of drug-likeness (QED) is 0.0945. The van der Waals surface area contributed by atoms with Crippen LogP contribution in [0.4, 0.5) is 23.3 Å². The van der Waals surface area contributed by atoms with E-state index in [9.17, 15) is 0 Å². The number of hydrogen-bond donors (Lipinski definition) is 4. The summed E-state index contributed by atoms with van der Waals surface area (Å²) in [6.45, 7) is 2.27. The molecule has 4 N–H and O–H groups in total. The molecule has 0 aliphatic carbocycles. The van der Waals surface area contributed by atoms with Crippen LogP contribution < -0.4 is 22.0 Å². The monoisotopic (exact) mass is 660 g/mol. The first-order valence-electron chi connectivity index (χ1n) is 17.2. The van der Waals surface area contributed by atoms with Gasteiger partial charge in [-0.3, -0.25) is 0 Å². The molecule has 0 saturated heterocycles. The highest BCUT2D eigenvalue weighted by Gasteiger charge is 2.17. The molecule has 9 rings (SSSR count). The fourth-order valence-electron chi connectivity index (χ4n) is 6.98. The third kappa shape index (κ3) is 5.34. The van der Waals surface area contributed by atoms with Crippen LogP contribution in [0.25, 0.3) is 43.1 Å². The van der Waals surface area contributed by atoms with E-state index in [2.05, 4.69) is 81.5 Å². The van der Waals surface area contributed by atoms with Crippen LogP contribution in [-0.4, -0.2) is 25.7 Å². The lowest BCUT2D eigenvalue weighted by Gasteiger charge is -2.05. The van der Waals surface area contributed by atoms with Gasteiger partial charge in [-0.15, -0.1) is 11.8 Å². The molecule has 5 heterocycles. The fourth-order valence-corrected chi connectivity index (χ4v) is 8.07. The molecule has 0 spiro atoms. The zero-order chi connectivity index (χ0) is 32.7. The Labute approximate surface area is 286 Å². The van der Waals surface area contributed by atoms with Crippen LogP contribution >= 0.6 is 11.8 Å². The molecule has 242 valence electrons. The Hall–Kier alpha value is -5.41. The number of thioether (sulfide) groups is 1. The number of nitrogens with one attached hydrogen (secondary N) is 4. The highest BCUT2D eigenvalue weighted by atomic mass is 32.2. The predicted molar refractivity (Wildman–Crippen MR) is 201 cm³/mol. The third-order valence-electron chi connectivity index (χ3n) is 9.43. The van der Waals surface area contributed by atoms with Gasteiger partial charge in [0.05, 0.1) is 0 Å². The number of fused-ring (bicyclic) bond motifs is 20. The second-order valence-electron chi connectivity index (χ2n) is 12.7. The van der Waals surface area contributed by atoms with Crippen LogP contribution in [-0.2, 0) is 0 Å². The number of unbranched alkanes of at least 4 members (excludes halogenated alkanes) is 5. The van der Waals surface area contributed by atoms with Gasteiger partial charge in [-0.25, -0.2) is 20.0 Å². The summed E-state index contributed by atoms with van der Waals surface area (Å²) < 4.78 is 0. The van der Waals surface area contributed by atoms with Crippen LogP contribution in [0.15, 0.2) is 116 Å². The van der Waals surface area contributed by atoms with Crippen molar-refractivity contribution in [1.82, 2.24) is 19.9 Å². The first-order valence-corrected chi connectivity index (χ1v) is 18.2. The van der Waals surface area contributed by atoms with E-state index >= 15 is 0 Å². The lowest BCUT2D eigenvalue weighted by molar-refractivity contribution is 0.627. The van der Waals surface area contributed by atoms with Crippen LogP contribution in [0.2, 0.25) is 0 Å². The zero-order valence-electron chi connectivity index (χ0n) is 27.3. The lowest BCUT2D eigenvalue weighted by atomic mass is 10.1. The molecule has 1 aliphatic rings.